The third-order valence-electron chi connectivity index (χ3n) is 3.36. The van der Waals surface area contributed by atoms with Crippen LogP contribution in [0.4, 0.5) is 11.8 Å². The number of anilines is 2. The van der Waals surface area contributed by atoms with Crippen LogP contribution >= 0.6 is 15.9 Å². The SMILES string of the molecule is CCCC1CCN(c2nc(N)ncc2Br)CC1. The van der Waals surface area contributed by atoms with Gasteiger partial charge >= 0.3 is 0 Å². The Labute approximate surface area is 111 Å². The molecule has 0 amide bonds. The normalized spacial score (nSPS) is 17.4. The molecule has 2 heterocycles. The van der Waals surface area contributed by atoms with E-state index in [1.165, 1.54) is 25.7 Å². The lowest BCUT2D eigenvalue weighted by Gasteiger charge is -2.33. The minimum atomic E-state index is 0.346. The number of halogens is 1. The van der Waals surface area contributed by atoms with Gasteiger partial charge in [0.2, 0.25) is 5.95 Å². The van der Waals surface area contributed by atoms with Crippen molar-refractivity contribution < 1.29 is 0 Å². The molecule has 1 aromatic rings. The maximum absolute atomic E-state index is 5.64. The van der Waals surface area contributed by atoms with Crippen molar-refractivity contribution >= 4 is 27.7 Å². The van der Waals surface area contributed by atoms with E-state index in [2.05, 4.69) is 37.7 Å². The minimum Gasteiger partial charge on any atom is -0.368 e. The van der Waals surface area contributed by atoms with Crippen molar-refractivity contribution in [2.24, 2.45) is 5.92 Å². The van der Waals surface area contributed by atoms with Gasteiger partial charge in [-0.25, -0.2) is 4.98 Å². The Morgan fingerprint density at radius 1 is 1.47 bits per heavy atom. The van der Waals surface area contributed by atoms with E-state index in [4.69, 9.17) is 5.73 Å². The van der Waals surface area contributed by atoms with Crippen LogP contribution in [0.2, 0.25) is 0 Å². The quantitative estimate of drug-likeness (QED) is 0.932. The average molecular weight is 299 g/mol. The lowest BCUT2D eigenvalue weighted by atomic mass is 9.92. The Morgan fingerprint density at radius 2 is 2.18 bits per heavy atom. The molecule has 17 heavy (non-hydrogen) atoms. The fourth-order valence-corrected chi connectivity index (χ4v) is 2.88. The van der Waals surface area contributed by atoms with Crippen LogP contribution in [0.1, 0.15) is 32.6 Å². The summed E-state index contributed by atoms with van der Waals surface area (Å²) in [5.41, 5.74) is 5.64. The van der Waals surface area contributed by atoms with Gasteiger partial charge in [-0.15, -0.1) is 0 Å². The van der Waals surface area contributed by atoms with Crippen molar-refractivity contribution in [3.63, 3.8) is 0 Å². The average Bonchev–Trinajstić information content (AvgIpc) is 2.34. The maximum atomic E-state index is 5.64. The van der Waals surface area contributed by atoms with Gasteiger partial charge in [0.05, 0.1) is 4.47 Å². The summed E-state index contributed by atoms with van der Waals surface area (Å²) >= 11 is 3.49. The second kappa shape index (κ2) is 5.67. The first-order chi connectivity index (χ1) is 8.20. The van der Waals surface area contributed by atoms with E-state index in [1.807, 2.05) is 0 Å². The summed E-state index contributed by atoms with van der Waals surface area (Å²) in [6.07, 6.45) is 6.87. The molecule has 0 bridgehead atoms. The Morgan fingerprint density at radius 3 is 2.82 bits per heavy atom. The minimum absolute atomic E-state index is 0.346. The Hall–Kier alpha value is -0.840. The van der Waals surface area contributed by atoms with Crippen molar-refractivity contribution in [1.82, 2.24) is 9.97 Å². The molecule has 1 saturated heterocycles. The standard InChI is InChI=1S/C12H19BrN4/c1-2-3-9-4-6-17(7-5-9)11-10(13)8-15-12(14)16-11/h8-9H,2-7H2,1H3,(H2,14,15,16). The summed E-state index contributed by atoms with van der Waals surface area (Å²) in [5, 5.41) is 0. The van der Waals surface area contributed by atoms with Crippen LogP contribution in [0.25, 0.3) is 0 Å². The third-order valence-corrected chi connectivity index (χ3v) is 3.91. The number of aromatic nitrogens is 2. The zero-order chi connectivity index (χ0) is 12.3. The topological polar surface area (TPSA) is 55.0 Å². The predicted molar refractivity (Wildman–Crippen MR) is 74.0 cm³/mol. The summed E-state index contributed by atoms with van der Waals surface area (Å²) in [6.45, 7) is 4.40. The molecule has 0 aliphatic carbocycles. The molecular weight excluding hydrogens is 280 g/mol. The monoisotopic (exact) mass is 298 g/mol. The fourth-order valence-electron chi connectivity index (χ4n) is 2.43. The molecule has 0 saturated carbocycles. The molecule has 0 aromatic carbocycles. The number of nitrogens with two attached hydrogens (primary N) is 1. The van der Waals surface area contributed by atoms with E-state index < -0.39 is 0 Å². The van der Waals surface area contributed by atoms with Crippen molar-refractivity contribution in [1.29, 1.82) is 0 Å². The van der Waals surface area contributed by atoms with Crippen LogP contribution < -0.4 is 10.6 Å². The second-order valence-electron chi connectivity index (χ2n) is 4.62. The van der Waals surface area contributed by atoms with Crippen LogP contribution in [0.3, 0.4) is 0 Å². The molecular formula is C12H19BrN4. The first-order valence-electron chi connectivity index (χ1n) is 6.23. The Balaban J connectivity index is 2.02. The van der Waals surface area contributed by atoms with Crippen LogP contribution in [0.5, 0.6) is 0 Å². The number of rotatable bonds is 3. The number of hydrogen-bond acceptors (Lipinski definition) is 4. The van der Waals surface area contributed by atoms with Gasteiger partial charge in [0.1, 0.15) is 5.82 Å². The van der Waals surface area contributed by atoms with Crippen LogP contribution in [-0.2, 0) is 0 Å². The zero-order valence-electron chi connectivity index (χ0n) is 10.2. The van der Waals surface area contributed by atoms with Crippen molar-refractivity contribution in [3.8, 4) is 0 Å². The van der Waals surface area contributed by atoms with Crippen LogP contribution in [-0.4, -0.2) is 23.1 Å². The molecule has 4 nitrogen and oxygen atoms in total. The zero-order valence-corrected chi connectivity index (χ0v) is 11.8. The number of nitrogens with zero attached hydrogens (tertiary/aromatic N) is 3. The van der Waals surface area contributed by atoms with Crippen molar-refractivity contribution in [2.45, 2.75) is 32.6 Å². The highest BCUT2D eigenvalue weighted by atomic mass is 79.9. The largest absolute Gasteiger partial charge is 0.368 e. The predicted octanol–water partition coefficient (Wildman–Crippen LogP) is 2.84. The van der Waals surface area contributed by atoms with Gasteiger partial charge in [-0.2, -0.15) is 4.98 Å². The molecule has 1 aromatic heterocycles. The van der Waals surface area contributed by atoms with E-state index in [-0.39, 0.29) is 0 Å². The fraction of sp³-hybridized carbons (Fsp3) is 0.667. The third kappa shape index (κ3) is 3.09. The number of nitrogen functional groups attached to an aromatic ring is 1. The van der Waals surface area contributed by atoms with Gasteiger partial charge < -0.3 is 10.6 Å². The van der Waals surface area contributed by atoms with E-state index in [1.54, 1.807) is 6.20 Å². The first-order valence-corrected chi connectivity index (χ1v) is 7.03. The molecule has 5 heteroatoms. The van der Waals surface area contributed by atoms with Gasteiger partial charge in [0, 0.05) is 19.3 Å². The molecule has 0 unspecified atom stereocenters. The van der Waals surface area contributed by atoms with Crippen LogP contribution in [0.15, 0.2) is 10.7 Å². The highest BCUT2D eigenvalue weighted by Gasteiger charge is 2.21. The van der Waals surface area contributed by atoms with E-state index in [0.717, 1.165) is 29.3 Å². The Kier molecular flexibility index (Phi) is 4.20. The van der Waals surface area contributed by atoms with Crippen LogP contribution in [0, 0.1) is 5.92 Å². The molecule has 0 atom stereocenters. The van der Waals surface area contributed by atoms with Crippen molar-refractivity contribution in [3.05, 3.63) is 10.7 Å². The highest BCUT2D eigenvalue weighted by molar-refractivity contribution is 9.10. The summed E-state index contributed by atoms with van der Waals surface area (Å²) in [6, 6.07) is 0. The van der Waals surface area contributed by atoms with Crippen molar-refractivity contribution in [2.75, 3.05) is 23.7 Å². The van der Waals surface area contributed by atoms with E-state index in [9.17, 15) is 0 Å². The molecule has 1 aliphatic heterocycles. The molecule has 0 radical (unpaired) electrons. The lowest BCUT2D eigenvalue weighted by molar-refractivity contribution is 0.377. The van der Waals surface area contributed by atoms with Gasteiger partial charge in [-0.05, 0) is 34.7 Å². The lowest BCUT2D eigenvalue weighted by Crippen LogP contribution is -2.34. The van der Waals surface area contributed by atoms with E-state index in [0.29, 0.717) is 5.95 Å². The summed E-state index contributed by atoms with van der Waals surface area (Å²) in [5.74, 6) is 2.17. The van der Waals surface area contributed by atoms with E-state index >= 15 is 0 Å². The summed E-state index contributed by atoms with van der Waals surface area (Å²) in [4.78, 5) is 10.6. The molecule has 1 fully saturated rings. The Bertz CT molecular complexity index is 375. The van der Waals surface area contributed by atoms with Gasteiger partial charge in [0.25, 0.3) is 0 Å². The maximum Gasteiger partial charge on any atom is 0.222 e. The summed E-state index contributed by atoms with van der Waals surface area (Å²) in [7, 11) is 0. The van der Waals surface area contributed by atoms with Gasteiger partial charge in [-0.1, -0.05) is 19.8 Å². The second-order valence-corrected chi connectivity index (χ2v) is 5.47. The molecule has 0 spiro atoms. The summed E-state index contributed by atoms with van der Waals surface area (Å²) < 4.78 is 0.931. The van der Waals surface area contributed by atoms with Gasteiger partial charge in [-0.3, -0.25) is 0 Å². The highest BCUT2D eigenvalue weighted by Crippen LogP contribution is 2.29. The number of piperidine rings is 1. The number of hydrogen-bond donors (Lipinski definition) is 1. The molecule has 94 valence electrons. The molecule has 2 rings (SSSR count). The van der Waals surface area contributed by atoms with Gasteiger partial charge in [0.15, 0.2) is 0 Å². The first kappa shape index (κ1) is 12.6. The molecule has 2 N–H and O–H groups in total. The smallest absolute Gasteiger partial charge is 0.222 e. The molecule has 1 aliphatic rings.